The van der Waals surface area contributed by atoms with Crippen LogP contribution in [0.5, 0.6) is 5.75 Å². The Morgan fingerprint density at radius 3 is 2.69 bits per heavy atom. The standard InChI is InChI=1S/C22H25ClN4O5/c23-17-2-1-3-18(12-17)31-15-22(13-20(28)26-6-9-30-10-7-26)14-27(8-11-32-22)21(29)19-4-5-24-16-25-19/h1-5,12,16H,6-11,13-15H2. The minimum Gasteiger partial charge on any atom is -0.490 e. The van der Waals surface area contributed by atoms with Crippen LogP contribution in [0.1, 0.15) is 16.9 Å². The highest BCUT2D eigenvalue weighted by molar-refractivity contribution is 6.30. The lowest BCUT2D eigenvalue weighted by atomic mass is 9.96. The summed E-state index contributed by atoms with van der Waals surface area (Å²) in [7, 11) is 0. The van der Waals surface area contributed by atoms with Crippen LogP contribution in [0.25, 0.3) is 0 Å². The summed E-state index contributed by atoms with van der Waals surface area (Å²) in [6.45, 7) is 3.07. The van der Waals surface area contributed by atoms with Crippen molar-refractivity contribution >= 4 is 23.4 Å². The lowest BCUT2D eigenvalue weighted by Crippen LogP contribution is -2.58. The molecular weight excluding hydrogens is 436 g/mol. The van der Waals surface area contributed by atoms with Gasteiger partial charge in [-0.25, -0.2) is 9.97 Å². The summed E-state index contributed by atoms with van der Waals surface area (Å²) in [4.78, 5) is 37.4. The maximum Gasteiger partial charge on any atom is 0.272 e. The molecule has 0 N–H and O–H groups in total. The fourth-order valence-electron chi connectivity index (χ4n) is 3.81. The van der Waals surface area contributed by atoms with Gasteiger partial charge in [0.2, 0.25) is 5.91 Å². The van der Waals surface area contributed by atoms with Crippen molar-refractivity contribution in [3.05, 3.63) is 53.6 Å². The summed E-state index contributed by atoms with van der Waals surface area (Å²) in [5.41, 5.74) is -0.704. The van der Waals surface area contributed by atoms with Crippen LogP contribution in [0.3, 0.4) is 0 Å². The summed E-state index contributed by atoms with van der Waals surface area (Å²) < 4.78 is 17.5. The van der Waals surface area contributed by atoms with Gasteiger partial charge in [0, 0.05) is 30.9 Å². The molecule has 170 valence electrons. The third-order valence-electron chi connectivity index (χ3n) is 5.47. The molecule has 2 fully saturated rings. The third kappa shape index (κ3) is 5.53. The zero-order valence-electron chi connectivity index (χ0n) is 17.6. The van der Waals surface area contributed by atoms with Crippen molar-refractivity contribution in [1.82, 2.24) is 19.8 Å². The van der Waals surface area contributed by atoms with Gasteiger partial charge in [-0.15, -0.1) is 0 Å². The first-order valence-corrected chi connectivity index (χ1v) is 10.9. The van der Waals surface area contributed by atoms with Crippen molar-refractivity contribution < 1.29 is 23.8 Å². The maximum atomic E-state index is 13.1. The highest BCUT2D eigenvalue weighted by Crippen LogP contribution is 2.27. The van der Waals surface area contributed by atoms with Crippen LogP contribution in [0.2, 0.25) is 5.02 Å². The second-order valence-corrected chi connectivity index (χ2v) is 8.21. The number of ether oxygens (including phenoxy) is 3. The summed E-state index contributed by atoms with van der Waals surface area (Å²) in [6, 6.07) is 8.60. The highest BCUT2D eigenvalue weighted by atomic mass is 35.5. The molecule has 1 atom stereocenters. The topological polar surface area (TPSA) is 94.1 Å². The minimum atomic E-state index is -1.00. The number of aromatic nitrogens is 2. The molecule has 10 heteroatoms. The molecule has 2 saturated heterocycles. The third-order valence-corrected chi connectivity index (χ3v) is 5.71. The molecule has 9 nitrogen and oxygen atoms in total. The van der Waals surface area contributed by atoms with Crippen molar-refractivity contribution in [2.24, 2.45) is 0 Å². The molecule has 4 rings (SSSR count). The van der Waals surface area contributed by atoms with Gasteiger partial charge in [0.25, 0.3) is 5.91 Å². The van der Waals surface area contributed by atoms with Crippen LogP contribution in [-0.2, 0) is 14.3 Å². The predicted molar refractivity (Wildman–Crippen MR) is 116 cm³/mol. The van der Waals surface area contributed by atoms with Crippen molar-refractivity contribution in [1.29, 1.82) is 0 Å². The number of hydrogen-bond acceptors (Lipinski definition) is 7. The number of morpholine rings is 2. The molecule has 0 bridgehead atoms. The molecule has 2 aliphatic heterocycles. The maximum absolute atomic E-state index is 13.1. The van der Waals surface area contributed by atoms with Crippen LogP contribution in [0.15, 0.2) is 42.9 Å². The molecule has 0 spiro atoms. The fourth-order valence-corrected chi connectivity index (χ4v) is 3.99. The number of rotatable bonds is 6. The molecule has 2 aliphatic rings. The number of amides is 2. The lowest BCUT2D eigenvalue weighted by molar-refractivity contribution is -0.155. The van der Waals surface area contributed by atoms with Gasteiger partial charge in [-0.2, -0.15) is 0 Å². The number of nitrogens with zero attached hydrogens (tertiary/aromatic N) is 4. The summed E-state index contributed by atoms with van der Waals surface area (Å²) in [6.07, 6.45) is 2.95. The van der Waals surface area contributed by atoms with Gasteiger partial charge >= 0.3 is 0 Å². The Kier molecular flexibility index (Phi) is 7.19. The first-order valence-electron chi connectivity index (χ1n) is 10.5. The average Bonchev–Trinajstić information content (AvgIpc) is 2.84. The molecule has 0 saturated carbocycles. The molecule has 1 aromatic carbocycles. The molecule has 0 aliphatic carbocycles. The van der Waals surface area contributed by atoms with Crippen molar-refractivity contribution in [2.45, 2.75) is 12.0 Å². The average molecular weight is 461 g/mol. The van der Waals surface area contributed by atoms with Crippen LogP contribution in [0.4, 0.5) is 0 Å². The van der Waals surface area contributed by atoms with Crippen LogP contribution in [-0.4, -0.2) is 89.8 Å². The van der Waals surface area contributed by atoms with Crippen LogP contribution < -0.4 is 4.74 Å². The lowest BCUT2D eigenvalue weighted by Gasteiger charge is -2.43. The number of hydrogen-bond donors (Lipinski definition) is 0. The van der Waals surface area contributed by atoms with Gasteiger partial charge in [-0.05, 0) is 24.3 Å². The van der Waals surface area contributed by atoms with E-state index in [0.717, 1.165) is 0 Å². The highest BCUT2D eigenvalue weighted by Gasteiger charge is 2.42. The Morgan fingerprint density at radius 1 is 1.12 bits per heavy atom. The van der Waals surface area contributed by atoms with E-state index in [9.17, 15) is 9.59 Å². The van der Waals surface area contributed by atoms with Gasteiger partial charge in [-0.1, -0.05) is 17.7 Å². The van der Waals surface area contributed by atoms with E-state index in [1.165, 1.54) is 12.5 Å². The van der Waals surface area contributed by atoms with Crippen molar-refractivity contribution in [2.75, 3.05) is 52.6 Å². The monoisotopic (exact) mass is 460 g/mol. The first-order chi connectivity index (χ1) is 15.5. The predicted octanol–water partition coefficient (Wildman–Crippen LogP) is 1.67. The van der Waals surface area contributed by atoms with Gasteiger partial charge in [-0.3, -0.25) is 9.59 Å². The van der Waals surface area contributed by atoms with E-state index < -0.39 is 5.60 Å². The largest absolute Gasteiger partial charge is 0.490 e. The second kappa shape index (κ2) is 10.2. The SMILES string of the molecule is O=C(CC1(COc2cccc(Cl)c2)CN(C(=O)c2ccncn2)CCO1)N1CCOCC1. The molecule has 0 radical (unpaired) electrons. The number of carbonyl (C=O) groups excluding carboxylic acids is 2. The Balaban J connectivity index is 1.52. The van der Waals surface area contributed by atoms with E-state index in [1.807, 2.05) is 0 Å². The Labute approximate surface area is 191 Å². The molecule has 1 unspecified atom stereocenters. The fraction of sp³-hybridized carbons (Fsp3) is 0.455. The van der Waals surface area contributed by atoms with Crippen molar-refractivity contribution in [3.63, 3.8) is 0 Å². The quantitative estimate of drug-likeness (QED) is 0.647. The molecule has 32 heavy (non-hydrogen) atoms. The van der Waals surface area contributed by atoms with Gasteiger partial charge in [0.1, 0.15) is 30.0 Å². The van der Waals surface area contributed by atoms with E-state index in [2.05, 4.69) is 9.97 Å². The van der Waals surface area contributed by atoms with Crippen LogP contribution in [0, 0.1) is 0 Å². The zero-order chi connectivity index (χ0) is 22.4. The summed E-state index contributed by atoms with van der Waals surface area (Å²) in [5.74, 6) is 0.277. The Morgan fingerprint density at radius 2 is 1.94 bits per heavy atom. The first kappa shape index (κ1) is 22.4. The normalized spacial score (nSPS) is 21.3. The molecule has 2 amide bonds. The Hall–Kier alpha value is -2.75. The van der Waals surface area contributed by atoms with E-state index in [4.69, 9.17) is 25.8 Å². The smallest absolute Gasteiger partial charge is 0.272 e. The number of carbonyl (C=O) groups is 2. The zero-order valence-corrected chi connectivity index (χ0v) is 18.4. The number of benzene rings is 1. The summed E-state index contributed by atoms with van der Waals surface area (Å²) in [5, 5.41) is 0.547. The van der Waals surface area contributed by atoms with E-state index in [-0.39, 0.29) is 38.0 Å². The van der Waals surface area contributed by atoms with Gasteiger partial charge in [0.05, 0.1) is 32.8 Å². The number of halogens is 1. The van der Waals surface area contributed by atoms with E-state index in [0.29, 0.717) is 49.3 Å². The van der Waals surface area contributed by atoms with E-state index in [1.54, 1.807) is 40.1 Å². The van der Waals surface area contributed by atoms with Crippen molar-refractivity contribution in [3.8, 4) is 5.75 Å². The summed E-state index contributed by atoms with van der Waals surface area (Å²) >= 11 is 6.07. The van der Waals surface area contributed by atoms with Gasteiger partial charge in [0.15, 0.2) is 0 Å². The molecule has 3 heterocycles. The van der Waals surface area contributed by atoms with Crippen LogP contribution >= 0.6 is 11.6 Å². The molecule has 1 aromatic heterocycles. The minimum absolute atomic E-state index is 0.0562. The molecule has 2 aromatic rings. The van der Waals surface area contributed by atoms with E-state index >= 15 is 0 Å². The van der Waals surface area contributed by atoms with Gasteiger partial charge < -0.3 is 24.0 Å². The Bertz CT molecular complexity index is 941. The molecular formula is C22H25ClN4O5. The second-order valence-electron chi connectivity index (χ2n) is 7.77.